The van der Waals surface area contributed by atoms with Crippen molar-refractivity contribution in [2.45, 2.75) is 269 Å². The van der Waals surface area contributed by atoms with E-state index in [0.717, 1.165) is 11.3 Å². The number of nitrogens with two attached hydrogens (primary N) is 2. The van der Waals surface area contributed by atoms with Crippen LogP contribution in [0.3, 0.4) is 0 Å². The van der Waals surface area contributed by atoms with E-state index in [1.807, 2.05) is 19.9 Å². The molecule has 0 aromatic heterocycles. The fraction of sp³-hybridized carbons (Fsp3) is 0.747. The number of benzene rings is 1. The Morgan fingerprint density at radius 3 is 1.83 bits per heavy atom. The summed E-state index contributed by atoms with van der Waals surface area (Å²) < 4.78 is 46.1. The third-order valence-electron chi connectivity index (χ3n) is 23.5. The quantitative estimate of drug-likeness (QED) is 0.0299. The first-order valence-electron chi connectivity index (χ1n) is 44.4. The summed E-state index contributed by atoms with van der Waals surface area (Å²) in [5.41, 5.74) is 13.4. The fourth-order valence-corrected chi connectivity index (χ4v) is 16.0. The van der Waals surface area contributed by atoms with Crippen molar-refractivity contribution in [3.05, 3.63) is 59.4 Å². The molecule has 39 nitrogen and oxygen atoms in total. The van der Waals surface area contributed by atoms with Gasteiger partial charge in [0.1, 0.15) is 61.2 Å². The number of carbonyl (C=O) groups excluding carboxylic acids is 12. The molecule has 13 amide bonds. The number of unbranched alkanes of at least 4 members (excludes halogenated alkanes) is 1. The number of nitrogens with one attached hydrogen (secondary N) is 8. The maximum Gasteiger partial charge on any atom is 0.312 e. The number of rotatable bonds is 57. The number of aliphatic hydroxyl groups excluding tert-OH is 5. The highest BCUT2D eigenvalue weighted by atomic mass is 16.6. The first-order valence-corrected chi connectivity index (χ1v) is 44.4. The van der Waals surface area contributed by atoms with Crippen LogP contribution in [0.2, 0.25) is 0 Å². The Morgan fingerprint density at radius 1 is 0.627 bits per heavy atom. The smallest absolute Gasteiger partial charge is 0.312 e. The molecule has 1 aromatic carbocycles. The van der Waals surface area contributed by atoms with Gasteiger partial charge in [0.25, 0.3) is 11.8 Å². The Hall–Kier alpha value is -8.58. The van der Waals surface area contributed by atoms with Crippen LogP contribution in [0.15, 0.2) is 53.9 Å². The lowest BCUT2D eigenvalue weighted by Gasteiger charge is -2.41. The van der Waals surface area contributed by atoms with Crippen LogP contribution in [0.25, 0.3) is 0 Å². The molecule has 2 fully saturated rings. The number of methoxy groups -OCH3 is 2. The lowest BCUT2D eigenvalue weighted by atomic mass is 9.89. The minimum Gasteiger partial charge on any atom is -0.399 e. The van der Waals surface area contributed by atoms with Gasteiger partial charge in [-0.25, -0.2) is 4.79 Å². The van der Waals surface area contributed by atoms with Crippen LogP contribution in [0, 0.1) is 29.6 Å². The van der Waals surface area contributed by atoms with Gasteiger partial charge in [-0.3, -0.25) is 57.6 Å². The minimum atomic E-state index is -1.63. The summed E-state index contributed by atoms with van der Waals surface area (Å²) in [6.07, 6.45) is -3.14. The number of carbonyl (C=O) groups is 12. The average molecular weight is 1790 g/mol. The molecule has 39 heteroatoms. The van der Waals surface area contributed by atoms with E-state index in [2.05, 4.69) is 42.5 Å². The van der Waals surface area contributed by atoms with Crippen molar-refractivity contribution in [2.24, 2.45) is 41.1 Å². The number of urea groups is 1. The summed E-state index contributed by atoms with van der Waals surface area (Å²) in [7, 11) is 5.95. The van der Waals surface area contributed by atoms with Gasteiger partial charge in [0.2, 0.25) is 53.2 Å². The molecule has 714 valence electrons. The number of hydrogen-bond donors (Lipinski definition) is 15. The number of aliphatic hydroxyl groups is 5. The number of primary amides is 1. The van der Waals surface area contributed by atoms with Crippen molar-refractivity contribution in [1.29, 1.82) is 0 Å². The number of ether oxygens (including phenoxy) is 8. The third-order valence-corrected chi connectivity index (χ3v) is 23.5. The average Bonchev–Trinajstić information content (AvgIpc) is 1.22. The second-order valence-electron chi connectivity index (χ2n) is 33.9. The number of nitrogens with zero attached hydrogens (tertiary/aromatic N) is 4. The molecule has 1 aromatic rings. The van der Waals surface area contributed by atoms with Crippen LogP contribution in [-0.2, 0) is 90.6 Å². The maximum atomic E-state index is 15.2. The number of allylic oxidation sites excluding steroid dienone is 1. The van der Waals surface area contributed by atoms with E-state index >= 15 is 14.4 Å². The summed E-state index contributed by atoms with van der Waals surface area (Å²) in [5.74, 6) is -8.85. The van der Waals surface area contributed by atoms with Gasteiger partial charge < -0.3 is 132 Å². The monoisotopic (exact) mass is 1790 g/mol. The molecule has 3 heterocycles. The van der Waals surface area contributed by atoms with Crippen LogP contribution < -0.4 is 54.0 Å². The first kappa shape index (κ1) is 108. The Labute approximate surface area is 741 Å². The Balaban J connectivity index is 1.27. The molecule has 0 radical (unpaired) electrons. The number of likely N-dealkylation sites (tertiary alicyclic amines) is 1. The zero-order valence-electron chi connectivity index (χ0n) is 76.1. The fourth-order valence-electron chi connectivity index (χ4n) is 16.0. The molecule has 2 saturated heterocycles. The third kappa shape index (κ3) is 33.8. The Kier molecular flexibility index (Phi) is 48.0. The van der Waals surface area contributed by atoms with Gasteiger partial charge in [0, 0.05) is 72.2 Å². The van der Waals surface area contributed by atoms with Crippen molar-refractivity contribution in [1.82, 2.24) is 62.1 Å². The molecule has 3 aliphatic heterocycles. The lowest BCUT2D eigenvalue weighted by Crippen LogP contribution is -2.62. The molecule has 0 bridgehead atoms. The molecule has 19 atom stereocenters. The summed E-state index contributed by atoms with van der Waals surface area (Å²) in [6.45, 7) is 18.3. The first-order chi connectivity index (χ1) is 59.9. The topological polar surface area (TPSA) is 541 Å². The normalized spacial score (nSPS) is 22.1. The number of imide groups is 1. The molecular weight excluding hydrogens is 1640 g/mol. The Bertz CT molecular complexity index is 3640. The summed E-state index contributed by atoms with van der Waals surface area (Å²) in [6, 6.07) is -0.203. The Morgan fingerprint density at radius 2 is 1.24 bits per heavy atom. The minimum absolute atomic E-state index is 0.000378. The molecule has 4 aliphatic rings. The molecule has 0 saturated carbocycles. The van der Waals surface area contributed by atoms with Gasteiger partial charge in [0.15, 0.2) is 6.23 Å². The molecule has 1 aliphatic carbocycles. The van der Waals surface area contributed by atoms with Crippen LogP contribution in [-0.4, -0.2) is 334 Å². The number of likely N-dealkylation sites (N-methyl/N-ethyl adjacent to an activating group) is 2. The molecule has 126 heavy (non-hydrogen) atoms. The van der Waals surface area contributed by atoms with Crippen LogP contribution in [0.1, 0.15) is 177 Å². The summed E-state index contributed by atoms with van der Waals surface area (Å²) in [4.78, 5) is 171. The number of hydrogen-bond acceptors (Lipinski definition) is 27. The van der Waals surface area contributed by atoms with E-state index < -0.39 is 199 Å². The van der Waals surface area contributed by atoms with Crippen molar-refractivity contribution < 1.29 is 121 Å². The number of amides is 13. The van der Waals surface area contributed by atoms with Crippen molar-refractivity contribution in [2.75, 3.05) is 121 Å². The standard InChI is InChI=1S/C87H146N14O25/c1-15-54(8)74(63(119-13)48-69(107)100-38-25-31-61(100)79(120-14)55(9)80(112)92-56(10)75(108)57-26-18-16-19-27-57)99(12)86(117)72(52(4)5)97-83(115)73(53(6)7)98(11)85(116)60(30-24-37-91-87(89)118)94-82(114)71(51(2)3)96-81(113)59(93-65(103)35-40-121-42-44-123-46-47-124-45-43-122-41-39-101-67(105)33-34-68(101)106)29-22-23-36-90-66(104)50-125-62-32-21-17-20-28-58(70(62)88)95-84-78(111)77(110)76(109)64(49-102)126-84/h16,18-19,26-27,33-34,51-56,59-64,71-79,84,95,102,108-111H,15,17,20-25,28-32,35-50,88H2,1-14H3,(H,90,104)(H,92,112)(H,93,103)(H,94,114)(H,96,113)(H,97,115)(H3,89,91,118)/b70-58-/t54-,55+,56+,59+,60-,61-,62?,63+,64+,71-,72-,73-,74-,75+,76-,77-,78+,79+,84+/m0/s1. The van der Waals surface area contributed by atoms with E-state index in [1.165, 1.54) is 43.2 Å². The molecule has 1 unspecified atom stereocenters. The van der Waals surface area contributed by atoms with Gasteiger partial charge in [0.05, 0.1) is 127 Å². The van der Waals surface area contributed by atoms with E-state index in [-0.39, 0.29) is 141 Å². The van der Waals surface area contributed by atoms with Crippen LogP contribution in [0.4, 0.5) is 4.79 Å². The highest BCUT2D eigenvalue weighted by Crippen LogP contribution is 2.32. The van der Waals surface area contributed by atoms with Crippen LogP contribution in [0.5, 0.6) is 0 Å². The highest BCUT2D eigenvalue weighted by Gasteiger charge is 2.47. The zero-order chi connectivity index (χ0) is 93.4. The van der Waals surface area contributed by atoms with Crippen molar-refractivity contribution in [3.8, 4) is 0 Å². The lowest BCUT2D eigenvalue weighted by molar-refractivity contribution is -0.234. The summed E-state index contributed by atoms with van der Waals surface area (Å²) in [5, 5.41) is 74.9. The summed E-state index contributed by atoms with van der Waals surface area (Å²) >= 11 is 0. The molecule has 17 N–H and O–H groups in total. The van der Waals surface area contributed by atoms with Gasteiger partial charge in [-0.05, 0) is 100 Å². The predicted molar refractivity (Wildman–Crippen MR) is 462 cm³/mol. The molecule has 0 spiro atoms. The molecular formula is C87H146N14O25. The van der Waals surface area contributed by atoms with Crippen molar-refractivity contribution in [3.63, 3.8) is 0 Å². The van der Waals surface area contributed by atoms with Crippen LogP contribution >= 0.6 is 0 Å². The van der Waals surface area contributed by atoms with E-state index in [1.54, 1.807) is 91.6 Å². The second kappa shape index (κ2) is 56.0. The maximum absolute atomic E-state index is 15.2. The largest absolute Gasteiger partial charge is 0.399 e. The van der Waals surface area contributed by atoms with E-state index in [9.17, 15) is 68.7 Å². The van der Waals surface area contributed by atoms with Gasteiger partial charge >= 0.3 is 6.03 Å². The van der Waals surface area contributed by atoms with Gasteiger partial charge in [-0.1, -0.05) is 112 Å². The van der Waals surface area contributed by atoms with E-state index in [0.29, 0.717) is 62.8 Å². The van der Waals surface area contributed by atoms with Gasteiger partial charge in [-0.2, -0.15) is 0 Å². The highest BCUT2D eigenvalue weighted by molar-refractivity contribution is 6.12. The van der Waals surface area contributed by atoms with E-state index in [4.69, 9.17) is 49.4 Å². The van der Waals surface area contributed by atoms with Gasteiger partial charge in [-0.15, -0.1) is 0 Å². The zero-order valence-corrected chi connectivity index (χ0v) is 76.1. The molecule has 5 rings (SSSR count). The predicted octanol–water partition coefficient (Wildman–Crippen LogP) is -0.0952. The second-order valence-corrected chi connectivity index (χ2v) is 33.9. The van der Waals surface area contributed by atoms with Crippen molar-refractivity contribution >= 4 is 71.0 Å². The SMILES string of the molecule is CC[C@H](C)[C@@H]([C@@H](CC(=O)N1CCC[C@H]1[C@H](OC)[C@@H](C)C(=O)N[C@H](C)[C@@H](O)c1ccccc1)OC)N(C)C(=O)[C@@H](NC(=O)[C@H](C(C)C)N(C)C(=O)[C@H](CCCNC(N)=O)NC(=O)[C@@H](NC(=O)[C@@H](CCCCNC(=O)COC1CCCCC/C(N[C@@H]2O[C@H](CO)[C@H](O)[C@H](O)[C@H]2O)=C\1N)NC(=O)CCOCCOCCOCCOCCN1C(=O)C=CC1=O)C(C)C)C(C)C.